The van der Waals surface area contributed by atoms with Gasteiger partial charge in [0.25, 0.3) is 0 Å². The van der Waals surface area contributed by atoms with Gasteiger partial charge in [-0.05, 0) is 24.0 Å². The molecule has 2 rings (SSSR count). The van der Waals surface area contributed by atoms with Crippen LogP contribution in [0.2, 0.25) is 0 Å². The van der Waals surface area contributed by atoms with Crippen LogP contribution in [0, 0.1) is 0 Å². The van der Waals surface area contributed by atoms with Gasteiger partial charge in [0.05, 0.1) is 5.69 Å². The summed E-state index contributed by atoms with van der Waals surface area (Å²) < 4.78 is 0. The maximum absolute atomic E-state index is 4.02. The van der Waals surface area contributed by atoms with Crippen LogP contribution in [0.4, 0.5) is 0 Å². The number of nitrogens with zero attached hydrogens (tertiary/aromatic N) is 2. The molecule has 0 unspecified atom stereocenters. The van der Waals surface area contributed by atoms with Gasteiger partial charge in [-0.1, -0.05) is 6.92 Å². The maximum Gasteiger partial charge on any atom is 0.0936 e. The molecule has 4 heteroatoms. The topological polar surface area (TPSA) is 41.6 Å². The van der Waals surface area contributed by atoms with E-state index in [1.807, 2.05) is 25.1 Å². The Labute approximate surface area is 89.0 Å². The molecule has 0 fully saturated rings. The van der Waals surface area contributed by atoms with Crippen molar-refractivity contribution in [3.8, 4) is 11.3 Å². The Morgan fingerprint density at radius 3 is 2.71 bits per heavy atom. The minimum absolute atomic E-state index is 0.929. The van der Waals surface area contributed by atoms with Crippen molar-refractivity contribution in [1.29, 1.82) is 0 Å². The molecule has 0 amide bonds. The smallest absolute Gasteiger partial charge is 0.0936 e. The average Bonchev–Trinajstić information content (AvgIpc) is 2.73. The third-order valence-corrected chi connectivity index (χ3v) is 1.46. The Bertz CT molecular complexity index is 332. The summed E-state index contributed by atoms with van der Waals surface area (Å²) >= 11 is 3.79. The number of pyridine rings is 1. The van der Waals surface area contributed by atoms with E-state index in [0.717, 1.165) is 17.0 Å². The number of rotatable bonds is 1. The highest BCUT2D eigenvalue weighted by Gasteiger charge is 1.96. The first-order chi connectivity index (χ1) is 6.88. The number of aromatic nitrogens is 3. The van der Waals surface area contributed by atoms with Crippen LogP contribution in [0.25, 0.3) is 11.3 Å². The molecule has 74 valence electrons. The van der Waals surface area contributed by atoms with E-state index < -0.39 is 0 Å². The van der Waals surface area contributed by atoms with Crippen molar-refractivity contribution in [3.63, 3.8) is 0 Å². The number of thiol groups is 1. The number of hydrogen-bond acceptors (Lipinski definition) is 3. The molecule has 0 aromatic carbocycles. The summed E-state index contributed by atoms with van der Waals surface area (Å²) in [6, 6.07) is 5.78. The standard InChI is InChI=1S/C8H7N3.C2H6S/c1-2-7(6-9-4-1)8-3-5-10-11-8;1-2-3/h1-6H,(H,10,11);3H,2H2,1H3. The van der Waals surface area contributed by atoms with Gasteiger partial charge in [0, 0.05) is 24.2 Å². The summed E-state index contributed by atoms with van der Waals surface area (Å²) in [6.07, 6.45) is 5.33. The summed E-state index contributed by atoms with van der Waals surface area (Å²) in [5, 5.41) is 6.77. The molecule has 14 heavy (non-hydrogen) atoms. The first kappa shape index (κ1) is 10.8. The monoisotopic (exact) mass is 207 g/mol. The van der Waals surface area contributed by atoms with Crippen LogP contribution >= 0.6 is 12.6 Å². The molecule has 0 saturated carbocycles. The fraction of sp³-hybridized carbons (Fsp3) is 0.200. The lowest BCUT2D eigenvalue weighted by atomic mass is 10.2. The Balaban J connectivity index is 0.000000293. The Kier molecular flexibility index (Phi) is 4.78. The van der Waals surface area contributed by atoms with Crippen molar-refractivity contribution >= 4 is 12.6 Å². The lowest BCUT2D eigenvalue weighted by Gasteiger charge is -1.91. The lowest BCUT2D eigenvalue weighted by molar-refractivity contribution is 1.09. The van der Waals surface area contributed by atoms with E-state index in [1.54, 1.807) is 18.6 Å². The molecule has 3 nitrogen and oxygen atoms in total. The highest BCUT2D eigenvalue weighted by Crippen LogP contribution is 2.12. The van der Waals surface area contributed by atoms with Crippen molar-refractivity contribution in [3.05, 3.63) is 36.8 Å². The highest BCUT2D eigenvalue weighted by molar-refractivity contribution is 7.80. The van der Waals surface area contributed by atoms with E-state index in [2.05, 4.69) is 27.8 Å². The second kappa shape index (κ2) is 6.21. The molecule has 0 aliphatic carbocycles. The Morgan fingerprint density at radius 1 is 1.43 bits per heavy atom. The van der Waals surface area contributed by atoms with E-state index in [9.17, 15) is 0 Å². The quantitative estimate of drug-likeness (QED) is 0.705. The molecule has 2 aromatic rings. The Hall–Kier alpha value is -1.29. The van der Waals surface area contributed by atoms with Crippen LogP contribution in [-0.4, -0.2) is 20.9 Å². The number of aromatic amines is 1. The van der Waals surface area contributed by atoms with Crippen molar-refractivity contribution in [1.82, 2.24) is 15.2 Å². The molecular formula is C10H13N3S. The number of nitrogens with one attached hydrogen (secondary N) is 1. The molecule has 2 aromatic heterocycles. The van der Waals surface area contributed by atoms with E-state index in [-0.39, 0.29) is 0 Å². The number of hydrogen-bond donors (Lipinski definition) is 2. The van der Waals surface area contributed by atoms with Crippen LogP contribution in [0.3, 0.4) is 0 Å². The summed E-state index contributed by atoms with van der Waals surface area (Å²) in [7, 11) is 0. The molecule has 2 heterocycles. The van der Waals surface area contributed by atoms with Crippen molar-refractivity contribution in [2.24, 2.45) is 0 Å². The predicted octanol–water partition coefficient (Wildman–Crippen LogP) is 2.41. The second-order valence-corrected chi connectivity index (χ2v) is 3.15. The minimum Gasteiger partial charge on any atom is -0.285 e. The molecule has 0 spiro atoms. The summed E-state index contributed by atoms with van der Waals surface area (Å²) in [6.45, 7) is 1.99. The zero-order chi connectivity index (χ0) is 10.2. The third-order valence-electron chi connectivity index (χ3n) is 1.46. The zero-order valence-electron chi connectivity index (χ0n) is 8.01. The third kappa shape index (κ3) is 3.22. The molecule has 1 N–H and O–H groups in total. The predicted molar refractivity (Wildman–Crippen MR) is 61.3 cm³/mol. The zero-order valence-corrected chi connectivity index (χ0v) is 8.91. The van der Waals surface area contributed by atoms with Gasteiger partial charge in [-0.25, -0.2) is 0 Å². The maximum atomic E-state index is 4.02. The van der Waals surface area contributed by atoms with Crippen LogP contribution in [0.1, 0.15) is 6.92 Å². The van der Waals surface area contributed by atoms with Crippen LogP contribution in [0.15, 0.2) is 36.8 Å². The normalized spacial score (nSPS) is 9.00. The lowest BCUT2D eigenvalue weighted by Crippen LogP contribution is -1.77. The van der Waals surface area contributed by atoms with Gasteiger partial charge in [0.2, 0.25) is 0 Å². The second-order valence-electron chi connectivity index (χ2n) is 2.52. The minimum atomic E-state index is 0.929. The fourth-order valence-corrected chi connectivity index (χ4v) is 0.935. The summed E-state index contributed by atoms with van der Waals surface area (Å²) in [4.78, 5) is 3.99. The molecule has 0 aliphatic rings. The molecule has 0 radical (unpaired) electrons. The molecular weight excluding hydrogens is 194 g/mol. The van der Waals surface area contributed by atoms with E-state index in [4.69, 9.17) is 0 Å². The fourth-order valence-electron chi connectivity index (χ4n) is 0.935. The first-order valence-electron chi connectivity index (χ1n) is 4.39. The van der Waals surface area contributed by atoms with Crippen molar-refractivity contribution in [2.45, 2.75) is 6.92 Å². The van der Waals surface area contributed by atoms with Crippen LogP contribution in [-0.2, 0) is 0 Å². The molecule has 0 saturated heterocycles. The van der Waals surface area contributed by atoms with Gasteiger partial charge in [-0.3, -0.25) is 10.1 Å². The van der Waals surface area contributed by atoms with Gasteiger partial charge in [-0.15, -0.1) is 0 Å². The van der Waals surface area contributed by atoms with E-state index >= 15 is 0 Å². The average molecular weight is 207 g/mol. The van der Waals surface area contributed by atoms with E-state index in [0.29, 0.717) is 0 Å². The largest absolute Gasteiger partial charge is 0.285 e. The van der Waals surface area contributed by atoms with Crippen molar-refractivity contribution in [2.75, 3.05) is 5.75 Å². The summed E-state index contributed by atoms with van der Waals surface area (Å²) in [5.74, 6) is 0.944. The van der Waals surface area contributed by atoms with Gasteiger partial charge in [-0.2, -0.15) is 17.7 Å². The molecule has 0 aliphatic heterocycles. The SMILES string of the molecule is CCS.c1cncc(-c2cc[nH]n2)c1. The van der Waals surface area contributed by atoms with Gasteiger partial charge in [0.1, 0.15) is 0 Å². The van der Waals surface area contributed by atoms with Crippen LogP contribution < -0.4 is 0 Å². The first-order valence-corrected chi connectivity index (χ1v) is 5.02. The number of H-pyrrole nitrogens is 1. The van der Waals surface area contributed by atoms with Gasteiger partial charge >= 0.3 is 0 Å². The van der Waals surface area contributed by atoms with Crippen LogP contribution in [0.5, 0.6) is 0 Å². The molecule has 0 bridgehead atoms. The summed E-state index contributed by atoms with van der Waals surface area (Å²) in [5.41, 5.74) is 1.96. The highest BCUT2D eigenvalue weighted by atomic mass is 32.1. The van der Waals surface area contributed by atoms with Crippen molar-refractivity contribution < 1.29 is 0 Å². The molecule has 0 atom stereocenters. The van der Waals surface area contributed by atoms with E-state index in [1.165, 1.54) is 0 Å². The van der Waals surface area contributed by atoms with Gasteiger partial charge in [0.15, 0.2) is 0 Å². The van der Waals surface area contributed by atoms with Gasteiger partial charge < -0.3 is 0 Å². The Morgan fingerprint density at radius 2 is 2.21 bits per heavy atom.